The van der Waals surface area contributed by atoms with E-state index in [4.69, 9.17) is 0 Å². The average molecular weight is 265 g/mol. The largest absolute Gasteiger partial charge is 0.385 e. The van der Waals surface area contributed by atoms with Crippen LogP contribution in [0.3, 0.4) is 0 Å². The lowest BCUT2D eigenvalue weighted by Gasteiger charge is -2.33. The second-order valence-corrected chi connectivity index (χ2v) is 4.66. The second-order valence-electron chi connectivity index (χ2n) is 4.66. The molecule has 0 amide bonds. The number of halogens is 1. The number of nitrogens with one attached hydrogen (secondary N) is 1. The van der Waals surface area contributed by atoms with Crippen LogP contribution in [0.2, 0.25) is 0 Å². The summed E-state index contributed by atoms with van der Waals surface area (Å²) in [4.78, 5) is 4.34. The summed E-state index contributed by atoms with van der Waals surface area (Å²) < 4.78 is 0. The monoisotopic (exact) mass is 264 g/mol. The normalized spacial score (nSPS) is 18.3. The van der Waals surface area contributed by atoms with Gasteiger partial charge in [0.1, 0.15) is 0 Å². The molecule has 1 aliphatic rings. The molecule has 1 saturated heterocycles. The van der Waals surface area contributed by atoms with Crippen LogP contribution in [-0.4, -0.2) is 23.2 Å². The fourth-order valence-corrected chi connectivity index (χ4v) is 2.61. The van der Waals surface area contributed by atoms with Crippen molar-refractivity contribution in [2.24, 2.45) is 0 Å². The van der Waals surface area contributed by atoms with Crippen LogP contribution < -0.4 is 5.32 Å². The SMILES string of the molecule is Cl.OC1(c2ccnc3ccccc23)CCNCC1. The molecule has 3 nitrogen and oxygen atoms in total. The molecule has 4 heteroatoms. The summed E-state index contributed by atoms with van der Waals surface area (Å²) in [6, 6.07) is 9.96. The van der Waals surface area contributed by atoms with Gasteiger partial charge in [-0.1, -0.05) is 18.2 Å². The maximum atomic E-state index is 10.8. The zero-order valence-corrected chi connectivity index (χ0v) is 10.9. The number of hydrogen-bond acceptors (Lipinski definition) is 3. The zero-order valence-electron chi connectivity index (χ0n) is 10.1. The standard InChI is InChI=1S/C14H16N2O.ClH/c17-14(6-9-15-10-7-14)12-5-8-16-13-4-2-1-3-11(12)13;/h1-5,8,15,17H,6-7,9-10H2;1H. The third-order valence-electron chi connectivity index (χ3n) is 3.58. The van der Waals surface area contributed by atoms with E-state index in [1.807, 2.05) is 30.3 Å². The molecule has 0 aliphatic carbocycles. The molecule has 0 bridgehead atoms. The molecule has 2 N–H and O–H groups in total. The number of para-hydroxylation sites is 1. The average Bonchev–Trinajstić information content (AvgIpc) is 2.39. The van der Waals surface area contributed by atoms with Crippen LogP contribution in [0, 0.1) is 0 Å². The van der Waals surface area contributed by atoms with Crippen LogP contribution in [0.15, 0.2) is 36.5 Å². The smallest absolute Gasteiger partial charge is 0.0927 e. The highest BCUT2D eigenvalue weighted by atomic mass is 35.5. The number of nitrogens with zero attached hydrogens (tertiary/aromatic N) is 1. The van der Waals surface area contributed by atoms with E-state index < -0.39 is 5.60 Å². The first-order valence-corrected chi connectivity index (χ1v) is 6.07. The third kappa shape index (κ3) is 2.21. The molecule has 0 spiro atoms. The molecular formula is C14H17ClN2O. The van der Waals surface area contributed by atoms with Gasteiger partial charge in [-0.3, -0.25) is 4.98 Å². The van der Waals surface area contributed by atoms with Gasteiger partial charge >= 0.3 is 0 Å². The molecule has 0 atom stereocenters. The molecule has 0 unspecified atom stereocenters. The number of piperidine rings is 1. The molecule has 1 aromatic carbocycles. The summed E-state index contributed by atoms with van der Waals surface area (Å²) >= 11 is 0. The third-order valence-corrected chi connectivity index (χ3v) is 3.58. The van der Waals surface area contributed by atoms with Gasteiger partial charge in [-0.2, -0.15) is 0 Å². The lowest BCUT2D eigenvalue weighted by molar-refractivity contribution is 0.00730. The Balaban J connectivity index is 0.00000120. The number of aliphatic hydroxyl groups is 1. The lowest BCUT2D eigenvalue weighted by atomic mass is 9.83. The summed E-state index contributed by atoms with van der Waals surface area (Å²) in [6.07, 6.45) is 3.32. The Labute approximate surface area is 113 Å². The number of hydrogen-bond donors (Lipinski definition) is 2. The quantitative estimate of drug-likeness (QED) is 0.830. The van der Waals surface area contributed by atoms with Gasteiger partial charge in [0.25, 0.3) is 0 Å². The molecule has 18 heavy (non-hydrogen) atoms. The predicted molar refractivity (Wildman–Crippen MR) is 75.0 cm³/mol. The van der Waals surface area contributed by atoms with Gasteiger partial charge in [-0.25, -0.2) is 0 Å². The number of benzene rings is 1. The molecule has 3 rings (SSSR count). The highest BCUT2D eigenvalue weighted by Crippen LogP contribution is 2.34. The number of fused-ring (bicyclic) bond motifs is 1. The van der Waals surface area contributed by atoms with Crippen molar-refractivity contribution in [3.05, 3.63) is 42.1 Å². The molecule has 1 aliphatic heterocycles. The summed E-state index contributed by atoms with van der Waals surface area (Å²) in [5.41, 5.74) is 1.27. The Morgan fingerprint density at radius 1 is 1.11 bits per heavy atom. The van der Waals surface area contributed by atoms with Crippen molar-refractivity contribution in [3.8, 4) is 0 Å². The fraction of sp³-hybridized carbons (Fsp3) is 0.357. The van der Waals surface area contributed by atoms with Gasteiger partial charge in [0.05, 0.1) is 11.1 Å². The van der Waals surface area contributed by atoms with E-state index in [1.165, 1.54) is 0 Å². The Bertz CT molecular complexity index is 533. The topological polar surface area (TPSA) is 45.2 Å². The van der Waals surface area contributed by atoms with E-state index >= 15 is 0 Å². The maximum Gasteiger partial charge on any atom is 0.0927 e. The Kier molecular flexibility index (Phi) is 3.85. The number of rotatable bonds is 1. The highest BCUT2D eigenvalue weighted by molar-refractivity contribution is 5.85. The van der Waals surface area contributed by atoms with E-state index in [0.29, 0.717) is 0 Å². The summed E-state index contributed by atoms with van der Waals surface area (Å²) in [7, 11) is 0. The second kappa shape index (κ2) is 5.22. The van der Waals surface area contributed by atoms with E-state index in [0.717, 1.165) is 42.4 Å². The molecule has 0 radical (unpaired) electrons. The summed E-state index contributed by atoms with van der Waals surface area (Å²) in [5.74, 6) is 0. The minimum absolute atomic E-state index is 0. The van der Waals surface area contributed by atoms with E-state index in [1.54, 1.807) is 6.20 Å². The van der Waals surface area contributed by atoms with Crippen LogP contribution in [0.4, 0.5) is 0 Å². The van der Waals surface area contributed by atoms with Crippen LogP contribution in [0.25, 0.3) is 10.9 Å². The number of aromatic nitrogens is 1. The van der Waals surface area contributed by atoms with Gasteiger partial charge < -0.3 is 10.4 Å². The van der Waals surface area contributed by atoms with Crippen LogP contribution in [-0.2, 0) is 5.60 Å². The fourth-order valence-electron chi connectivity index (χ4n) is 2.61. The van der Waals surface area contributed by atoms with Crippen LogP contribution in [0.5, 0.6) is 0 Å². The molecule has 1 fully saturated rings. The minimum atomic E-state index is -0.701. The van der Waals surface area contributed by atoms with Gasteiger partial charge in [0.2, 0.25) is 0 Å². The van der Waals surface area contributed by atoms with Crippen molar-refractivity contribution in [3.63, 3.8) is 0 Å². The Morgan fingerprint density at radius 3 is 2.61 bits per heavy atom. The maximum absolute atomic E-state index is 10.8. The first-order valence-electron chi connectivity index (χ1n) is 6.07. The molecular weight excluding hydrogens is 248 g/mol. The van der Waals surface area contributed by atoms with Crippen LogP contribution in [0.1, 0.15) is 18.4 Å². The van der Waals surface area contributed by atoms with Gasteiger partial charge in [0, 0.05) is 11.6 Å². The van der Waals surface area contributed by atoms with Crippen molar-refractivity contribution in [2.75, 3.05) is 13.1 Å². The molecule has 1 aromatic heterocycles. The Morgan fingerprint density at radius 2 is 1.83 bits per heavy atom. The molecule has 2 heterocycles. The van der Waals surface area contributed by atoms with E-state index in [2.05, 4.69) is 10.3 Å². The van der Waals surface area contributed by atoms with Gasteiger partial charge in [-0.15, -0.1) is 12.4 Å². The van der Waals surface area contributed by atoms with Crippen molar-refractivity contribution in [1.29, 1.82) is 0 Å². The van der Waals surface area contributed by atoms with Crippen LogP contribution >= 0.6 is 12.4 Å². The first-order chi connectivity index (χ1) is 8.30. The predicted octanol–water partition coefficient (Wildman–Crippen LogP) is 2.23. The minimum Gasteiger partial charge on any atom is -0.385 e. The summed E-state index contributed by atoms with van der Waals surface area (Å²) in [5, 5.41) is 15.1. The van der Waals surface area contributed by atoms with Crippen molar-refractivity contribution in [2.45, 2.75) is 18.4 Å². The van der Waals surface area contributed by atoms with Crippen molar-refractivity contribution >= 4 is 23.3 Å². The lowest BCUT2D eigenvalue weighted by Crippen LogP contribution is -2.39. The highest BCUT2D eigenvalue weighted by Gasteiger charge is 2.32. The van der Waals surface area contributed by atoms with Gasteiger partial charge in [-0.05, 0) is 43.6 Å². The van der Waals surface area contributed by atoms with Crippen molar-refractivity contribution < 1.29 is 5.11 Å². The molecule has 2 aromatic rings. The first kappa shape index (κ1) is 13.3. The Hall–Kier alpha value is -1.16. The van der Waals surface area contributed by atoms with Gasteiger partial charge in [0.15, 0.2) is 0 Å². The molecule has 96 valence electrons. The zero-order chi connectivity index (χ0) is 11.7. The van der Waals surface area contributed by atoms with Crippen molar-refractivity contribution in [1.82, 2.24) is 10.3 Å². The molecule has 0 saturated carbocycles. The van der Waals surface area contributed by atoms with E-state index in [9.17, 15) is 5.11 Å². The van der Waals surface area contributed by atoms with E-state index in [-0.39, 0.29) is 12.4 Å². The number of pyridine rings is 1. The summed E-state index contributed by atoms with van der Waals surface area (Å²) in [6.45, 7) is 1.74.